The minimum absolute atomic E-state index is 0.238. The highest BCUT2D eigenvalue weighted by molar-refractivity contribution is 8.76. The zero-order chi connectivity index (χ0) is 13.1. The molecule has 0 saturated carbocycles. The van der Waals surface area contributed by atoms with Crippen LogP contribution in [0.25, 0.3) is 0 Å². The predicted octanol–water partition coefficient (Wildman–Crippen LogP) is 3.35. The van der Waals surface area contributed by atoms with E-state index in [0.717, 1.165) is 17.9 Å². The highest BCUT2D eigenvalue weighted by atomic mass is 33.1. The number of nitrogens with zero attached hydrogens (tertiary/aromatic N) is 1. The van der Waals surface area contributed by atoms with E-state index in [1.54, 1.807) is 27.8 Å². The van der Waals surface area contributed by atoms with Crippen molar-refractivity contribution in [3.8, 4) is 0 Å². The van der Waals surface area contributed by atoms with Gasteiger partial charge in [-0.05, 0) is 46.9 Å². The Kier molecular flexibility index (Phi) is 4.11. The third kappa shape index (κ3) is 3.14. The van der Waals surface area contributed by atoms with Gasteiger partial charge in [-0.25, -0.2) is 4.98 Å². The van der Waals surface area contributed by atoms with E-state index >= 15 is 0 Å². The van der Waals surface area contributed by atoms with Gasteiger partial charge in [-0.1, -0.05) is 41.1 Å². The van der Waals surface area contributed by atoms with Crippen LogP contribution >= 0.6 is 21.6 Å². The second-order valence-electron chi connectivity index (χ2n) is 4.63. The van der Waals surface area contributed by atoms with Crippen molar-refractivity contribution in [1.82, 2.24) is 4.98 Å². The smallest absolute Gasteiger partial charge is 0.106 e. The number of fused-ring (bicyclic) bond motifs is 1. The van der Waals surface area contributed by atoms with Gasteiger partial charge in [-0.3, -0.25) is 0 Å². The molecule has 1 heterocycles. The van der Waals surface area contributed by atoms with Crippen LogP contribution in [0.4, 0.5) is 0 Å². The van der Waals surface area contributed by atoms with Crippen molar-refractivity contribution in [2.45, 2.75) is 29.2 Å². The molecule has 2 atom stereocenters. The first-order valence-corrected chi connectivity index (χ1v) is 8.53. The number of aliphatic hydroxyl groups excluding tert-OH is 1. The lowest BCUT2D eigenvalue weighted by Crippen LogP contribution is -2.31. The number of pyridine rings is 1. The van der Waals surface area contributed by atoms with Gasteiger partial charge in [-0.2, -0.15) is 0 Å². The maximum atomic E-state index is 10.2. The van der Waals surface area contributed by atoms with Crippen LogP contribution in [0.5, 0.6) is 0 Å². The predicted molar refractivity (Wildman–Crippen MR) is 81.3 cm³/mol. The Morgan fingerprint density at radius 2 is 1.74 bits per heavy atom. The van der Waals surface area contributed by atoms with Gasteiger partial charge < -0.3 is 5.11 Å². The molecular formula is C15H15NOS2. The van der Waals surface area contributed by atoms with Crippen LogP contribution in [0.2, 0.25) is 0 Å². The van der Waals surface area contributed by atoms with Crippen LogP contribution < -0.4 is 0 Å². The van der Waals surface area contributed by atoms with E-state index < -0.39 is 0 Å². The molecule has 1 aliphatic carbocycles. The third-order valence-corrected chi connectivity index (χ3v) is 6.07. The molecule has 0 aliphatic heterocycles. The van der Waals surface area contributed by atoms with E-state index in [0.29, 0.717) is 0 Å². The van der Waals surface area contributed by atoms with Crippen molar-refractivity contribution in [2.24, 2.45) is 0 Å². The second kappa shape index (κ2) is 5.99. The lowest BCUT2D eigenvalue weighted by Gasteiger charge is -2.28. The number of hydrogen-bond donors (Lipinski definition) is 1. The van der Waals surface area contributed by atoms with Gasteiger partial charge in [0, 0.05) is 11.4 Å². The zero-order valence-electron chi connectivity index (χ0n) is 10.4. The van der Waals surface area contributed by atoms with Gasteiger partial charge in [0.05, 0.1) is 6.10 Å². The summed E-state index contributed by atoms with van der Waals surface area (Å²) < 4.78 is 0. The fourth-order valence-electron chi connectivity index (χ4n) is 2.27. The first-order chi connectivity index (χ1) is 9.33. The summed E-state index contributed by atoms with van der Waals surface area (Å²) in [5.41, 5.74) is 2.65. The molecule has 0 saturated heterocycles. The van der Waals surface area contributed by atoms with Gasteiger partial charge in [-0.15, -0.1) is 0 Å². The normalized spacial score (nSPS) is 21.9. The van der Waals surface area contributed by atoms with Crippen LogP contribution in [0, 0.1) is 0 Å². The molecule has 0 amide bonds. The van der Waals surface area contributed by atoms with Crippen LogP contribution in [0.1, 0.15) is 11.1 Å². The standard InChI is InChI=1S/C15H15NOS2/c17-13-9-11-5-1-2-6-12(11)10-14(13)18-19-15-7-3-4-8-16-15/h1-8,13-14,17H,9-10H2/t13-,14-/m0/s1. The van der Waals surface area contributed by atoms with Crippen molar-refractivity contribution in [3.05, 3.63) is 59.8 Å². The fourth-order valence-corrected chi connectivity index (χ4v) is 4.75. The molecule has 1 aromatic carbocycles. The summed E-state index contributed by atoms with van der Waals surface area (Å²) in [7, 11) is 3.38. The maximum absolute atomic E-state index is 10.2. The lowest BCUT2D eigenvalue weighted by molar-refractivity contribution is 0.165. The van der Waals surface area contributed by atoms with E-state index in [1.165, 1.54) is 11.1 Å². The van der Waals surface area contributed by atoms with Crippen molar-refractivity contribution in [1.29, 1.82) is 0 Å². The average Bonchev–Trinajstić information content (AvgIpc) is 2.46. The van der Waals surface area contributed by atoms with Crippen LogP contribution in [0.3, 0.4) is 0 Å². The molecule has 3 rings (SSSR count). The molecule has 4 heteroatoms. The molecule has 1 N–H and O–H groups in total. The van der Waals surface area contributed by atoms with Crippen molar-refractivity contribution in [3.63, 3.8) is 0 Å². The van der Waals surface area contributed by atoms with Gasteiger partial charge in [0.25, 0.3) is 0 Å². The van der Waals surface area contributed by atoms with Gasteiger partial charge in [0.2, 0.25) is 0 Å². The number of aliphatic hydroxyl groups is 1. The summed E-state index contributed by atoms with van der Waals surface area (Å²) in [6.45, 7) is 0. The van der Waals surface area contributed by atoms with Crippen LogP contribution in [-0.2, 0) is 12.8 Å². The van der Waals surface area contributed by atoms with E-state index in [2.05, 4.69) is 23.2 Å². The summed E-state index contributed by atoms with van der Waals surface area (Å²) in [5, 5.41) is 11.5. The molecule has 0 radical (unpaired) electrons. The van der Waals surface area contributed by atoms with E-state index in [1.807, 2.05) is 24.3 Å². The van der Waals surface area contributed by atoms with E-state index in [-0.39, 0.29) is 11.4 Å². The summed E-state index contributed by atoms with van der Waals surface area (Å²) in [5.74, 6) is 0. The molecule has 0 unspecified atom stereocenters. The summed E-state index contributed by atoms with van der Waals surface area (Å²) in [6.07, 6.45) is 3.23. The maximum Gasteiger partial charge on any atom is 0.106 e. The molecule has 0 spiro atoms. The average molecular weight is 289 g/mol. The molecular weight excluding hydrogens is 274 g/mol. The van der Waals surface area contributed by atoms with E-state index in [9.17, 15) is 5.11 Å². The van der Waals surface area contributed by atoms with Gasteiger partial charge in [0.1, 0.15) is 5.03 Å². The first-order valence-electron chi connectivity index (χ1n) is 6.32. The fraction of sp³-hybridized carbons (Fsp3) is 0.267. The van der Waals surface area contributed by atoms with Gasteiger partial charge >= 0.3 is 0 Å². The Balaban J connectivity index is 1.66. The van der Waals surface area contributed by atoms with Crippen LogP contribution in [-0.4, -0.2) is 21.4 Å². The SMILES string of the molecule is O[C@H]1Cc2ccccc2C[C@@H]1SSc1ccccn1. The first kappa shape index (κ1) is 13.0. The summed E-state index contributed by atoms with van der Waals surface area (Å²) in [4.78, 5) is 4.29. The van der Waals surface area contributed by atoms with Gasteiger partial charge in [0.15, 0.2) is 0 Å². The molecule has 2 aromatic rings. The second-order valence-corrected chi connectivity index (χ2v) is 7.09. The minimum Gasteiger partial charge on any atom is -0.392 e. The Labute approximate surface area is 121 Å². The Bertz CT molecular complexity index is 547. The molecule has 0 fully saturated rings. The molecule has 2 nitrogen and oxygen atoms in total. The van der Waals surface area contributed by atoms with Crippen molar-refractivity contribution < 1.29 is 5.11 Å². The van der Waals surface area contributed by atoms with E-state index in [4.69, 9.17) is 0 Å². The number of aromatic nitrogens is 1. The molecule has 0 bridgehead atoms. The van der Waals surface area contributed by atoms with Crippen molar-refractivity contribution >= 4 is 21.6 Å². The van der Waals surface area contributed by atoms with Crippen LogP contribution in [0.15, 0.2) is 53.7 Å². The zero-order valence-corrected chi connectivity index (χ0v) is 12.0. The summed E-state index contributed by atoms with van der Waals surface area (Å²) in [6, 6.07) is 14.3. The highest BCUT2D eigenvalue weighted by Crippen LogP contribution is 2.39. The molecule has 98 valence electrons. The van der Waals surface area contributed by atoms with Crippen molar-refractivity contribution in [2.75, 3.05) is 0 Å². The minimum atomic E-state index is -0.267. The summed E-state index contributed by atoms with van der Waals surface area (Å²) >= 11 is 0. The Morgan fingerprint density at radius 3 is 2.47 bits per heavy atom. The largest absolute Gasteiger partial charge is 0.392 e. The topological polar surface area (TPSA) is 33.1 Å². The monoisotopic (exact) mass is 289 g/mol. The molecule has 1 aromatic heterocycles. The highest BCUT2D eigenvalue weighted by Gasteiger charge is 2.27. The molecule has 1 aliphatic rings. The quantitative estimate of drug-likeness (QED) is 0.879. The number of rotatable bonds is 3. The Hall–Kier alpha value is -0.970. The number of benzene rings is 1. The third-order valence-electron chi connectivity index (χ3n) is 3.29. The Morgan fingerprint density at radius 1 is 1.00 bits per heavy atom. The molecule has 19 heavy (non-hydrogen) atoms. The number of hydrogen-bond acceptors (Lipinski definition) is 4. The lowest BCUT2D eigenvalue weighted by atomic mass is 9.89.